The molecule has 3 aromatic rings. The van der Waals surface area contributed by atoms with Crippen molar-refractivity contribution in [3.63, 3.8) is 0 Å². The minimum Gasteiger partial charge on any atom is -0.353 e. The molecule has 0 unspecified atom stereocenters. The van der Waals surface area contributed by atoms with Gasteiger partial charge in [-0.25, -0.2) is 4.68 Å². The highest BCUT2D eigenvalue weighted by molar-refractivity contribution is 6.32. The first-order valence-electron chi connectivity index (χ1n) is 10.7. The molecule has 3 heterocycles. The van der Waals surface area contributed by atoms with Crippen LogP contribution in [0, 0.1) is 12.8 Å². The van der Waals surface area contributed by atoms with E-state index in [0.717, 1.165) is 55.5 Å². The number of aromatic nitrogens is 3. The van der Waals surface area contributed by atoms with Crippen LogP contribution in [-0.4, -0.2) is 38.2 Å². The van der Waals surface area contributed by atoms with E-state index in [2.05, 4.69) is 27.2 Å². The van der Waals surface area contributed by atoms with E-state index in [1.54, 1.807) is 27.1 Å². The van der Waals surface area contributed by atoms with E-state index >= 15 is 0 Å². The molecule has 1 aliphatic rings. The Morgan fingerprint density at radius 3 is 2.71 bits per heavy atom. The van der Waals surface area contributed by atoms with E-state index in [1.165, 1.54) is 4.68 Å². The smallest absolute Gasteiger partial charge is 0.271 e. The summed E-state index contributed by atoms with van der Waals surface area (Å²) < 4.78 is 3.56. The number of hydrogen-bond acceptors (Lipinski definition) is 4. The maximum Gasteiger partial charge on any atom is 0.271 e. The molecule has 1 aliphatic heterocycles. The molecule has 0 radical (unpaired) electrons. The van der Waals surface area contributed by atoms with E-state index in [4.69, 9.17) is 11.6 Å². The van der Waals surface area contributed by atoms with Gasteiger partial charge >= 0.3 is 0 Å². The van der Waals surface area contributed by atoms with Crippen molar-refractivity contribution in [3.05, 3.63) is 51.5 Å². The summed E-state index contributed by atoms with van der Waals surface area (Å²) in [6.45, 7) is 6.05. The number of carbonyl (C=O) groups excluding carboxylic acids is 1. The summed E-state index contributed by atoms with van der Waals surface area (Å²) in [5.41, 5.74) is 3.08. The predicted octanol–water partition coefficient (Wildman–Crippen LogP) is 4.09. The highest BCUT2D eigenvalue weighted by Gasteiger charge is 2.21. The van der Waals surface area contributed by atoms with E-state index < -0.39 is 0 Å². The summed E-state index contributed by atoms with van der Waals surface area (Å²) in [6.07, 6.45) is 6.94. The fourth-order valence-electron chi connectivity index (χ4n) is 4.34. The molecule has 2 aromatic heterocycles. The van der Waals surface area contributed by atoms with Crippen LogP contribution in [0.25, 0.3) is 10.9 Å². The van der Waals surface area contributed by atoms with Crippen LogP contribution in [0.4, 0.5) is 11.4 Å². The average molecular weight is 442 g/mol. The topological polar surface area (TPSA) is 72.2 Å². The van der Waals surface area contributed by atoms with Gasteiger partial charge in [0.15, 0.2) is 0 Å². The molecule has 0 atom stereocenters. The van der Waals surface area contributed by atoms with Crippen LogP contribution in [0.1, 0.15) is 31.7 Å². The van der Waals surface area contributed by atoms with Crippen molar-refractivity contribution in [2.75, 3.05) is 18.4 Å². The lowest BCUT2D eigenvalue weighted by molar-refractivity contribution is -0.130. The lowest BCUT2D eigenvalue weighted by atomic mass is 9.93. The van der Waals surface area contributed by atoms with Crippen molar-refractivity contribution in [1.29, 1.82) is 0 Å². The molecule has 1 fully saturated rings. The fourth-order valence-corrected chi connectivity index (χ4v) is 4.55. The molecule has 7 nitrogen and oxygen atoms in total. The summed E-state index contributed by atoms with van der Waals surface area (Å²) in [5.74, 6) is 0.797. The van der Waals surface area contributed by atoms with Gasteiger partial charge < -0.3 is 14.8 Å². The molecule has 1 N–H and O–H groups in total. The number of benzene rings is 1. The van der Waals surface area contributed by atoms with Crippen molar-refractivity contribution in [2.45, 2.75) is 39.7 Å². The molecule has 0 bridgehead atoms. The first-order valence-corrected chi connectivity index (χ1v) is 11.0. The monoisotopic (exact) mass is 441 g/mol. The Hall–Kier alpha value is -2.80. The normalized spacial score (nSPS) is 14.9. The SMILES string of the molecule is CC(=O)N1CCC(CCn2ccc3c(Nc4cnn(C)c(=O)c4C)cc(Cl)cc32)CC1. The van der Waals surface area contributed by atoms with Crippen molar-refractivity contribution in [1.82, 2.24) is 19.2 Å². The number of piperidine rings is 1. The summed E-state index contributed by atoms with van der Waals surface area (Å²) >= 11 is 6.44. The zero-order valence-corrected chi connectivity index (χ0v) is 18.9. The van der Waals surface area contributed by atoms with Crippen LogP contribution in [0.5, 0.6) is 0 Å². The summed E-state index contributed by atoms with van der Waals surface area (Å²) in [4.78, 5) is 25.7. The van der Waals surface area contributed by atoms with Crippen LogP contribution < -0.4 is 10.9 Å². The van der Waals surface area contributed by atoms with E-state index in [0.29, 0.717) is 22.2 Å². The van der Waals surface area contributed by atoms with Gasteiger partial charge in [0.2, 0.25) is 5.91 Å². The van der Waals surface area contributed by atoms with Crippen molar-refractivity contribution in [3.8, 4) is 0 Å². The lowest BCUT2D eigenvalue weighted by Crippen LogP contribution is -2.37. The molecule has 0 aliphatic carbocycles. The van der Waals surface area contributed by atoms with Gasteiger partial charge in [0.1, 0.15) is 0 Å². The second kappa shape index (κ2) is 8.75. The Labute approximate surface area is 186 Å². The number of amides is 1. The Morgan fingerprint density at radius 2 is 2.00 bits per heavy atom. The van der Waals surface area contributed by atoms with Crippen LogP contribution >= 0.6 is 11.6 Å². The molecule has 31 heavy (non-hydrogen) atoms. The molecule has 1 saturated heterocycles. The Balaban J connectivity index is 1.53. The summed E-state index contributed by atoms with van der Waals surface area (Å²) in [7, 11) is 1.64. The standard InChI is InChI=1S/C23H28ClN5O2/c1-15-21(14-25-27(3)23(15)31)26-20-12-18(24)13-22-19(20)7-11-29(22)10-6-17-4-8-28(9-5-17)16(2)30/h7,11-14,17,26H,4-6,8-10H2,1-3H3. The van der Waals surface area contributed by atoms with Crippen molar-refractivity contribution < 1.29 is 4.79 Å². The second-order valence-electron chi connectivity index (χ2n) is 8.37. The highest BCUT2D eigenvalue weighted by atomic mass is 35.5. The van der Waals surface area contributed by atoms with Gasteiger partial charge in [-0.1, -0.05) is 11.6 Å². The number of likely N-dealkylation sites (tertiary alicyclic amines) is 1. The van der Waals surface area contributed by atoms with Gasteiger partial charge in [0, 0.05) is 61.5 Å². The van der Waals surface area contributed by atoms with Gasteiger partial charge in [-0.2, -0.15) is 5.10 Å². The van der Waals surface area contributed by atoms with Gasteiger partial charge in [-0.05, 0) is 50.3 Å². The molecule has 8 heteroatoms. The molecule has 0 spiro atoms. The molecule has 0 saturated carbocycles. The number of anilines is 2. The van der Waals surface area contributed by atoms with Crippen LogP contribution in [0.3, 0.4) is 0 Å². The third-order valence-electron chi connectivity index (χ3n) is 6.34. The van der Waals surface area contributed by atoms with Crippen LogP contribution in [-0.2, 0) is 18.4 Å². The van der Waals surface area contributed by atoms with E-state index in [-0.39, 0.29) is 11.5 Å². The Bertz CT molecular complexity index is 1170. The first kappa shape index (κ1) is 21.4. The second-order valence-corrected chi connectivity index (χ2v) is 8.81. The van der Waals surface area contributed by atoms with Crippen LogP contribution in [0.15, 0.2) is 35.4 Å². The number of nitrogens with zero attached hydrogens (tertiary/aromatic N) is 4. The third kappa shape index (κ3) is 4.46. The Kier molecular flexibility index (Phi) is 6.05. The lowest BCUT2D eigenvalue weighted by Gasteiger charge is -2.31. The zero-order valence-electron chi connectivity index (χ0n) is 18.2. The van der Waals surface area contributed by atoms with Crippen LogP contribution in [0.2, 0.25) is 5.02 Å². The van der Waals surface area contributed by atoms with Gasteiger partial charge in [-0.3, -0.25) is 9.59 Å². The van der Waals surface area contributed by atoms with Crippen molar-refractivity contribution in [2.24, 2.45) is 13.0 Å². The zero-order chi connectivity index (χ0) is 22.1. The quantitative estimate of drug-likeness (QED) is 0.647. The number of hydrogen-bond donors (Lipinski definition) is 1. The molecule has 164 valence electrons. The minimum absolute atomic E-state index is 0.128. The number of halogens is 1. The largest absolute Gasteiger partial charge is 0.353 e. The van der Waals surface area contributed by atoms with Gasteiger partial charge in [0.05, 0.1) is 17.4 Å². The number of fused-ring (bicyclic) bond motifs is 1. The predicted molar refractivity (Wildman–Crippen MR) is 124 cm³/mol. The molecule has 1 amide bonds. The van der Waals surface area contributed by atoms with E-state index in [9.17, 15) is 9.59 Å². The highest BCUT2D eigenvalue weighted by Crippen LogP contribution is 2.32. The molecular weight excluding hydrogens is 414 g/mol. The number of aryl methyl sites for hydroxylation is 2. The van der Waals surface area contributed by atoms with Crippen molar-refractivity contribution >= 4 is 39.8 Å². The average Bonchev–Trinajstić information content (AvgIpc) is 3.15. The number of rotatable bonds is 5. The van der Waals surface area contributed by atoms with Gasteiger partial charge in [0.25, 0.3) is 5.56 Å². The summed E-state index contributed by atoms with van der Waals surface area (Å²) in [5, 5.41) is 9.16. The number of nitrogens with one attached hydrogen (secondary N) is 1. The maximum absolute atomic E-state index is 12.2. The maximum atomic E-state index is 12.2. The summed E-state index contributed by atoms with van der Waals surface area (Å²) in [6, 6.07) is 5.94. The first-order chi connectivity index (χ1) is 14.8. The molecule has 1 aromatic carbocycles. The fraction of sp³-hybridized carbons (Fsp3) is 0.435. The van der Waals surface area contributed by atoms with E-state index in [1.807, 2.05) is 17.0 Å². The third-order valence-corrected chi connectivity index (χ3v) is 6.56. The molecular formula is C23H28ClN5O2. The van der Waals surface area contributed by atoms with Gasteiger partial charge in [-0.15, -0.1) is 0 Å². The molecule has 4 rings (SSSR count). The Morgan fingerprint density at radius 1 is 1.26 bits per heavy atom. The minimum atomic E-state index is -0.128. The number of carbonyl (C=O) groups is 1.